The summed E-state index contributed by atoms with van der Waals surface area (Å²) in [6.45, 7) is 4.23. The minimum atomic E-state index is -0.201. The van der Waals surface area contributed by atoms with Crippen LogP contribution in [0.5, 0.6) is 0 Å². The first kappa shape index (κ1) is 18.0. The van der Waals surface area contributed by atoms with Gasteiger partial charge in [0.05, 0.1) is 6.54 Å². The molecule has 0 amide bonds. The molecule has 5 nitrogen and oxygen atoms in total. The molecule has 0 radical (unpaired) electrons. The van der Waals surface area contributed by atoms with Gasteiger partial charge in [0.15, 0.2) is 0 Å². The molecule has 0 unspecified atom stereocenters. The lowest BCUT2D eigenvalue weighted by Crippen LogP contribution is -2.46. The number of benzene rings is 2. The van der Waals surface area contributed by atoms with Crippen LogP contribution < -0.4 is 4.90 Å². The van der Waals surface area contributed by atoms with E-state index >= 15 is 0 Å². The number of thioether (sulfide) groups is 1. The number of rotatable bonds is 5. The van der Waals surface area contributed by atoms with E-state index in [9.17, 15) is 4.39 Å². The number of halogens is 1. The molecular formula is C20H21FN4OS. The highest BCUT2D eigenvalue weighted by Crippen LogP contribution is 2.22. The van der Waals surface area contributed by atoms with Crippen molar-refractivity contribution in [3.8, 4) is 11.4 Å². The van der Waals surface area contributed by atoms with Crippen molar-refractivity contribution < 1.29 is 8.91 Å². The molecule has 0 spiro atoms. The van der Waals surface area contributed by atoms with Gasteiger partial charge < -0.3 is 9.42 Å². The van der Waals surface area contributed by atoms with Gasteiger partial charge in [-0.2, -0.15) is 4.98 Å². The number of piperazine rings is 1. The highest BCUT2D eigenvalue weighted by atomic mass is 32.2. The Bertz CT molecular complexity index is 874. The molecule has 2 heterocycles. The predicted molar refractivity (Wildman–Crippen MR) is 105 cm³/mol. The molecule has 1 aliphatic rings. The largest absolute Gasteiger partial charge is 0.369 e. The number of nitrogens with zero attached hydrogens (tertiary/aromatic N) is 4. The van der Waals surface area contributed by atoms with Gasteiger partial charge in [-0.3, -0.25) is 4.90 Å². The summed E-state index contributed by atoms with van der Waals surface area (Å²) in [5.41, 5.74) is 2.02. The van der Waals surface area contributed by atoms with Gasteiger partial charge in [0.2, 0.25) is 11.7 Å². The van der Waals surface area contributed by atoms with E-state index in [1.165, 1.54) is 17.0 Å². The minimum absolute atomic E-state index is 0.201. The second-order valence-corrected chi connectivity index (χ2v) is 7.36. The van der Waals surface area contributed by atoms with E-state index in [1.807, 2.05) is 24.3 Å². The first-order chi connectivity index (χ1) is 13.2. The molecule has 0 atom stereocenters. The Morgan fingerprint density at radius 2 is 1.70 bits per heavy atom. The van der Waals surface area contributed by atoms with E-state index in [-0.39, 0.29) is 5.82 Å². The second-order valence-electron chi connectivity index (χ2n) is 6.48. The monoisotopic (exact) mass is 384 g/mol. The standard InChI is InChI=1S/C20H21FN4OS/c1-27-18-8-2-15(3-9-18)20-22-19(26-23-20)14-24-10-12-25(13-11-24)17-6-4-16(21)5-7-17/h2-9H,10-14H2,1H3. The van der Waals surface area contributed by atoms with Crippen molar-refractivity contribution in [2.75, 3.05) is 37.3 Å². The lowest BCUT2D eigenvalue weighted by molar-refractivity contribution is 0.215. The van der Waals surface area contributed by atoms with E-state index < -0.39 is 0 Å². The quantitative estimate of drug-likeness (QED) is 0.622. The van der Waals surface area contributed by atoms with Crippen LogP contribution in [0.3, 0.4) is 0 Å². The molecule has 0 N–H and O–H groups in total. The van der Waals surface area contributed by atoms with Gasteiger partial charge in [-0.05, 0) is 54.8 Å². The lowest BCUT2D eigenvalue weighted by Gasteiger charge is -2.35. The molecule has 1 aromatic heterocycles. The molecule has 27 heavy (non-hydrogen) atoms. The fraction of sp³-hybridized carbons (Fsp3) is 0.300. The summed E-state index contributed by atoms with van der Waals surface area (Å²) < 4.78 is 18.5. The summed E-state index contributed by atoms with van der Waals surface area (Å²) in [5.74, 6) is 1.06. The van der Waals surface area contributed by atoms with Crippen molar-refractivity contribution in [2.45, 2.75) is 11.4 Å². The minimum Gasteiger partial charge on any atom is -0.369 e. The van der Waals surface area contributed by atoms with E-state index in [4.69, 9.17) is 4.52 Å². The zero-order valence-electron chi connectivity index (χ0n) is 15.1. The highest BCUT2D eigenvalue weighted by molar-refractivity contribution is 7.98. The van der Waals surface area contributed by atoms with Crippen molar-refractivity contribution in [1.82, 2.24) is 15.0 Å². The van der Waals surface area contributed by atoms with E-state index in [2.05, 4.69) is 38.3 Å². The summed E-state index contributed by atoms with van der Waals surface area (Å²) in [5, 5.41) is 4.11. The van der Waals surface area contributed by atoms with Crippen LogP contribution in [0.15, 0.2) is 57.9 Å². The molecule has 1 fully saturated rings. The zero-order valence-corrected chi connectivity index (χ0v) is 16.0. The van der Waals surface area contributed by atoms with Crippen LogP contribution in [0.25, 0.3) is 11.4 Å². The third-order valence-electron chi connectivity index (χ3n) is 4.74. The average Bonchev–Trinajstić information content (AvgIpc) is 3.18. The molecule has 0 saturated carbocycles. The van der Waals surface area contributed by atoms with Gasteiger partial charge in [-0.15, -0.1) is 11.8 Å². The van der Waals surface area contributed by atoms with Crippen LogP contribution in [0.2, 0.25) is 0 Å². The molecule has 0 bridgehead atoms. The summed E-state index contributed by atoms with van der Waals surface area (Å²) in [4.78, 5) is 10.3. The molecular weight excluding hydrogens is 363 g/mol. The van der Waals surface area contributed by atoms with Crippen molar-refractivity contribution in [2.24, 2.45) is 0 Å². The maximum atomic E-state index is 13.1. The molecule has 0 aliphatic carbocycles. The van der Waals surface area contributed by atoms with Gasteiger partial charge in [0.25, 0.3) is 0 Å². The van der Waals surface area contributed by atoms with Crippen LogP contribution in [0.1, 0.15) is 5.89 Å². The van der Waals surface area contributed by atoms with Gasteiger partial charge in [-0.25, -0.2) is 4.39 Å². The Kier molecular flexibility index (Phi) is 5.40. The van der Waals surface area contributed by atoms with E-state index in [0.29, 0.717) is 18.3 Å². The fourth-order valence-electron chi connectivity index (χ4n) is 3.18. The van der Waals surface area contributed by atoms with Crippen molar-refractivity contribution in [1.29, 1.82) is 0 Å². The zero-order chi connectivity index (χ0) is 18.6. The number of hydrogen-bond acceptors (Lipinski definition) is 6. The molecule has 140 valence electrons. The predicted octanol–water partition coefficient (Wildman–Crippen LogP) is 3.92. The number of aromatic nitrogens is 2. The van der Waals surface area contributed by atoms with Gasteiger partial charge >= 0.3 is 0 Å². The van der Waals surface area contributed by atoms with Crippen LogP contribution in [-0.2, 0) is 6.54 Å². The first-order valence-corrected chi connectivity index (χ1v) is 10.1. The first-order valence-electron chi connectivity index (χ1n) is 8.91. The third-order valence-corrected chi connectivity index (χ3v) is 5.48. The maximum Gasteiger partial charge on any atom is 0.241 e. The normalized spacial score (nSPS) is 15.3. The topological polar surface area (TPSA) is 45.4 Å². The fourth-order valence-corrected chi connectivity index (χ4v) is 3.59. The Balaban J connectivity index is 1.34. The Labute approximate surface area is 162 Å². The Morgan fingerprint density at radius 1 is 1.00 bits per heavy atom. The average molecular weight is 384 g/mol. The van der Waals surface area contributed by atoms with Crippen LogP contribution in [-0.4, -0.2) is 47.5 Å². The number of anilines is 1. The van der Waals surface area contributed by atoms with Crippen molar-refractivity contribution >= 4 is 17.4 Å². The van der Waals surface area contributed by atoms with Gasteiger partial charge in [0, 0.05) is 42.3 Å². The van der Waals surface area contributed by atoms with Crippen molar-refractivity contribution in [3.05, 3.63) is 60.2 Å². The lowest BCUT2D eigenvalue weighted by atomic mass is 10.2. The molecule has 7 heteroatoms. The van der Waals surface area contributed by atoms with Crippen LogP contribution in [0.4, 0.5) is 10.1 Å². The molecule has 1 aliphatic heterocycles. The summed E-state index contributed by atoms with van der Waals surface area (Å²) in [6.07, 6.45) is 2.05. The SMILES string of the molecule is CSc1ccc(-c2noc(CN3CCN(c4ccc(F)cc4)CC3)n2)cc1. The van der Waals surface area contributed by atoms with E-state index in [0.717, 1.165) is 37.4 Å². The van der Waals surface area contributed by atoms with E-state index in [1.54, 1.807) is 11.8 Å². The summed E-state index contributed by atoms with van der Waals surface area (Å²) >= 11 is 1.71. The van der Waals surface area contributed by atoms with Crippen LogP contribution in [0, 0.1) is 5.82 Å². The molecule has 3 aromatic rings. The summed E-state index contributed by atoms with van der Waals surface area (Å²) in [7, 11) is 0. The molecule has 4 rings (SSSR count). The smallest absolute Gasteiger partial charge is 0.241 e. The Hall–Kier alpha value is -2.38. The highest BCUT2D eigenvalue weighted by Gasteiger charge is 2.19. The molecule has 1 saturated heterocycles. The van der Waals surface area contributed by atoms with Gasteiger partial charge in [0.1, 0.15) is 5.82 Å². The third kappa shape index (κ3) is 4.31. The number of hydrogen-bond donors (Lipinski definition) is 0. The Morgan fingerprint density at radius 3 is 2.37 bits per heavy atom. The van der Waals surface area contributed by atoms with Crippen molar-refractivity contribution in [3.63, 3.8) is 0 Å². The molecule has 2 aromatic carbocycles. The second kappa shape index (κ2) is 8.10. The van der Waals surface area contributed by atoms with Crippen LogP contribution >= 0.6 is 11.8 Å². The van der Waals surface area contributed by atoms with Gasteiger partial charge in [-0.1, -0.05) is 5.16 Å². The maximum absolute atomic E-state index is 13.1. The summed E-state index contributed by atoms with van der Waals surface area (Å²) in [6, 6.07) is 14.8.